The Balaban J connectivity index is 2.09. The second kappa shape index (κ2) is 5.46. The molecule has 0 radical (unpaired) electrons. The summed E-state index contributed by atoms with van der Waals surface area (Å²) in [5.41, 5.74) is 6.09. The van der Waals surface area contributed by atoms with Crippen molar-refractivity contribution in [1.82, 2.24) is 10.2 Å². The Morgan fingerprint density at radius 3 is 3.00 bits per heavy atom. The molecule has 1 aromatic rings. The lowest BCUT2D eigenvalue weighted by molar-refractivity contribution is 0.1000. The van der Waals surface area contributed by atoms with E-state index in [0.29, 0.717) is 23.7 Å². The van der Waals surface area contributed by atoms with E-state index in [0.717, 1.165) is 19.5 Å². The van der Waals surface area contributed by atoms with Gasteiger partial charge in [-0.2, -0.15) is 0 Å². The quantitative estimate of drug-likeness (QED) is 0.829. The van der Waals surface area contributed by atoms with Crippen molar-refractivity contribution in [3.8, 4) is 0 Å². The molecule has 1 saturated heterocycles. The third-order valence-electron chi connectivity index (χ3n) is 3.40. The summed E-state index contributed by atoms with van der Waals surface area (Å²) in [6.45, 7) is 2.35. The fourth-order valence-corrected chi connectivity index (χ4v) is 2.30. The molecule has 0 aromatic heterocycles. The highest BCUT2D eigenvalue weighted by molar-refractivity contribution is 5.92. The van der Waals surface area contributed by atoms with Crippen molar-refractivity contribution in [2.45, 2.75) is 19.0 Å². The first kappa shape index (κ1) is 13.0. The first-order chi connectivity index (χ1) is 8.60. The molecule has 1 heterocycles. The molecule has 0 bridgehead atoms. The van der Waals surface area contributed by atoms with Crippen LogP contribution < -0.4 is 11.1 Å². The largest absolute Gasteiger partial charge is 0.366 e. The third kappa shape index (κ3) is 2.86. The van der Waals surface area contributed by atoms with E-state index in [1.165, 1.54) is 12.1 Å². The van der Waals surface area contributed by atoms with Crippen LogP contribution in [0, 0.1) is 5.82 Å². The molecule has 1 aliphatic heterocycles. The maximum absolute atomic E-state index is 13.7. The van der Waals surface area contributed by atoms with Gasteiger partial charge in [0, 0.05) is 36.8 Å². The predicted octanol–water partition coefficient (Wildman–Crippen LogP) is 0.718. The number of likely N-dealkylation sites (N-methyl/N-ethyl adjacent to an activating group) is 1. The third-order valence-corrected chi connectivity index (χ3v) is 3.40. The van der Waals surface area contributed by atoms with Crippen LogP contribution >= 0.6 is 0 Å². The standard InChI is InChI=1S/C13H18FN3O/c1-16-11-4-5-17(8-11)7-10-6-9(13(15)18)2-3-12(10)14/h2-3,6,11,16H,4-5,7-8H2,1H3,(H2,15,18). The molecule has 1 amide bonds. The number of nitrogens with two attached hydrogens (primary N) is 1. The summed E-state index contributed by atoms with van der Waals surface area (Å²) < 4.78 is 13.7. The van der Waals surface area contributed by atoms with Gasteiger partial charge in [-0.05, 0) is 31.7 Å². The van der Waals surface area contributed by atoms with Crippen LogP contribution in [0.1, 0.15) is 22.3 Å². The van der Waals surface area contributed by atoms with Gasteiger partial charge in [-0.3, -0.25) is 9.69 Å². The molecule has 1 aliphatic rings. The number of likely N-dealkylation sites (tertiary alicyclic amines) is 1. The van der Waals surface area contributed by atoms with Gasteiger partial charge in [0.25, 0.3) is 0 Å². The summed E-state index contributed by atoms with van der Waals surface area (Å²) in [6.07, 6.45) is 1.06. The summed E-state index contributed by atoms with van der Waals surface area (Å²) >= 11 is 0. The van der Waals surface area contributed by atoms with Crippen LogP contribution in [0.15, 0.2) is 18.2 Å². The number of nitrogens with zero attached hydrogens (tertiary/aromatic N) is 1. The van der Waals surface area contributed by atoms with Crippen LogP contribution in [0.4, 0.5) is 4.39 Å². The lowest BCUT2D eigenvalue weighted by Crippen LogP contribution is -2.29. The van der Waals surface area contributed by atoms with Crippen LogP contribution in [0.2, 0.25) is 0 Å². The van der Waals surface area contributed by atoms with Gasteiger partial charge in [-0.25, -0.2) is 4.39 Å². The fraction of sp³-hybridized carbons (Fsp3) is 0.462. The molecule has 1 unspecified atom stereocenters. The van der Waals surface area contributed by atoms with Crippen molar-refractivity contribution in [3.05, 3.63) is 35.1 Å². The smallest absolute Gasteiger partial charge is 0.248 e. The van der Waals surface area contributed by atoms with E-state index in [2.05, 4.69) is 10.2 Å². The number of benzene rings is 1. The van der Waals surface area contributed by atoms with Crippen LogP contribution in [0.3, 0.4) is 0 Å². The van der Waals surface area contributed by atoms with Gasteiger partial charge < -0.3 is 11.1 Å². The van der Waals surface area contributed by atoms with Gasteiger partial charge in [0.1, 0.15) is 5.82 Å². The zero-order valence-electron chi connectivity index (χ0n) is 10.4. The number of hydrogen-bond acceptors (Lipinski definition) is 3. The van der Waals surface area contributed by atoms with E-state index in [4.69, 9.17) is 5.73 Å². The molecule has 1 fully saturated rings. The summed E-state index contributed by atoms with van der Waals surface area (Å²) in [7, 11) is 1.93. The fourth-order valence-electron chi connectivity index (χ4n) is 2.30. The monoisotopic (exact) mass is 251 g/mol. The maximum Gasteiger partial charge on any atom is 0.248 e. The van der Waals surface area contributed by atoms with E-state index < -0.39 is 5.91 Å². The molecular weight excluding hydrogens is 233 g/mol. The van der Waals surface area contributed by atoms with Crippen molar-refractivity contribution in [2.24, 2.45) is 5.73 Å². The molecule has 18 heavy (non-hydrogen) atoms. The summed E-state index contributed by atoms with van der Waals surface area (Å²) in [4.78, 5) is 13.2. The minimum absolute atomic E-state index is 0.284. The molecular formula is C13H18FN3O. The maximum atomic E-state index is 13.7. The predicted molar refractivity (Wildman–Crippen MR) is 67.7 cm³/mol. The molecule has 1 aromatic carbocycles. The van der Waals surface area contributed by atoms with Crippen molar-refractivity contribution in [3.63, 3.8) is 0 Å². The number of nitrogens with one attached hydrogen (secondary N) is 1. The van der Waals surface area contributed by atoms with Crippen LogP contribution in [0.25, 0.3) is 0 Å². The molecule has 98 valence electrons. The lowest BCUT2D eigenvalue weighted by atomic mass is 10.1. The zero-order valence-corrected chi connectivity index (χ0v) is 10.4. The second-order valence-corrected chi connectivity index (χ2v) is 4.68. The number of rotatable bonds is 4. The SMILES string of the molecule is CNC1CCN(Cc2cc(C(N)=O)ccc2F)C1. The number of hydrogen-bond donors (Lipinski definition) is 2. The van der Waals surface area contributed by atoms with Crippen LogP contribution in [-0.2, 0) is 6.54 Å². The molecule has 0 aliphatic carbocycles. The number of halogens is 1. The molecule has 0 saturated carbocycles. The number of amides is 1. The Morgan fingerprint density at radius 2 is 2.39 bits per heavy atom. The normalized spacial score (nSPS) is 20.2. The lowest BCUT2D eigenvalue weighted by Gasteiger charge is -2.16. The van der Waals surface area contributed by atoms with Crippen molar-refractivity contribution >= 4 is 5.91 Å². The summed E-state index contributed by atoms with van der Waals surface area (Å²) in [5.74, 6) is -0.807. The minimum atomic E-state index is -0.522. The molecule has 2 rings (SSSR count). The van der Waals surface area contributed by atoms with E-state index in [1.54, 1.807) is 6.07 Å². The first-order valence-corrected chi connectivity index (χ1v) is 6.08. The van der Waals surface area contributed by atoms with Gasteiger partial charge >= 0.3 is 0 Å². The molecule has 1 atom stereocenters. The zero-order chi connectivity index (χ0) is 13.1. The Kier molecular flexibility index (Phi) is 3.93. The molecule has 3 N–H and O–H groups in total. The van der Waals surface area contributed by atoms with Gasteiger partial charge in [-0.1, -0.05) is 0 Å². The Hall–Kier alpha value is -1.46. The highest BCUT2D eigenvalue weighted by Gasteiger charge is 2.21. The molecule has 0 spiro atoms. The first-order valence-electron chi connectivity index (χ1n) is 6.08. The number of primary amides is 1. The second-order valence-electron chi connectivity index (χ2n) is 4.68. The Morgan fingerprint density at radius 1 is 1.61 bits per heavy atom. The summed E-state index contributed by atoms with van der Waals surface area (Å²) in [6, 6.07) is 4.74. The molecule has 5 heteroatoms. The average molecular weight is 251 g/mol. The van der Waals surface area contributed by atoms with Crippen molar-refractivity contribution in [2.75, 3.05) is 20.1 Å². The van der Waals surface area contributed by atoms with E-state index in [1.807, 2.05) is 7.05 Å². The Labute approximate surface area is 106 Å². The van der Waals surface area contributed by atoms with E-state index in [-0.39, 0.29) is 5.82 Å². The number of carbonyl (C=O) groups is 1. The van der Waals surface area contributed by atoms with Gasteiger partial charge in [-0.15, -0.1) is 0 Å². The van der Waals surface area contributed by atoms with Crippen LogP contribution in [0.5, 0.6) is 0 Å². The topological polar surface area (TPSA) is 58.4 Å². The minimum Gasteiger partial charge on any atom is -0.366 e. The van der Waals surface area contributed by atoms with Crippen molar-refractivity contribution < 1.29 is 9.18 Å². The molecule has 4 nitrogen and oxygen atoms in total. The summed E-state index contributed by atoms with van der Waals surface area (Å²) in [5, 5.41) is 3.21. The highest BCUT2D eigenvalue weighted by Crippen LogP contribution is 2.17. The average Bonchev–Trinajstić information content (AvgIpc) is 2.79. The van der Waals surface area contributed by atoms with Gasteiger partial charge in [0.15, 0.2) is 0 Å². The Bertz CT molecular complexity index is 450. The van der Waals surface area contributed by atoms with Gasteiger partial charge in [0.05, 0.1) is 0 Å². The van der Waals surface area contributed by atoms with Gasteiger partial charge in [0.2, 0.25) is 5.91 Å². The van der Waals surface area contributed by atoms with E-state index in [9.17, 15) is 9.18 Å². The van der Waals surface area contributed by atoms with Crippen LogP contribution in [-0.4, -0.2) is 37.0 Å². The number of carbonyl (C=O) groups excluding carboxylic acids is 1. The highest BCUT2D eigenvalue weighted by atomic mass is 19.1. The van der Waals surface area contributed by atoms with E-state index >= 15 is 0 Å². The van der Waals surface area contributed by atoms with Crippen molar-refractivity contribution in [1.29, 1.82) is 0 Å².